The van der Waals surface area contributed by atoms with Gasteiger partial charge in [0.1, 0.15) is 11.6 Å². The first-order valence-electron chi connectivity index (χ1n) is 10.8. The molecule has 0 spiro atoms. The molecule has 1 saturated heterocycles. The summed E-state index contributed by atoms with van der Waals surface area (Å²) in [5.41, 5.74) is 3.21. The van der Waals surface area contributed by atoms with Crippen LogP contribution in [0.15, 0.2) is 48.5 Å². The Bertz CT molecular complexity index is 1270. The van der Waals surface area contributed by atoms with Gasteiger partial charge in [-0.15, -0.1) is 0 Å². The smallest absolute Gasteiger partial charge is 0.251 e. The van der Waals surface area contributed by atoms with E-state index in [0.29, 0.717) is 5.56 Å². The van der Waals surface area contributed by atoms with Gasteiger partial charge in [-0.3, -0.25) is 4.79 Å². The minimum absolute atomic E-state index is 0.0877. The van der Waals surface area contributed by atoms with E-state index in [2.05, 4.69) is 15.3 Å². The van der Waals surface area contributed by atoms with Crippen LogP contribution >= 0.6 is 11.3 Å². The average Bonchev–Trinajstić information content (AvgIpc) is 3.40. The number of thiazole rings is 1. The Balaban J connectivity index is 1.27. The Morgan fingerprint density at radius 2 is 1.82 bits per heavy atom. The average molecular weight is 466 g/mol. The van der Waals surface area contributed by atoms with Crippen molar-refractivity contribution in [2.75, 3.05) is 25.1 Å². The van der Waals surface area contributed by atoms with Crippen LogP contribution in [0.1, 0.15) is 28.9 Å². The molecule has 1 aliphatic rings. The number of benzene rings is 2. The molecule has 0 unspecified atom stereocenters. The molecule has 3 heterocycles. The number of rotatable bonds is 5. The van der Waals surface area contributed by atoms with Crippen LogP contribution in [0.5, 0.6) is 5.75 Å². The predicted molar refractivity (Wildman–Crippen MR) is 127 cm³/mol. The van der Waals surface area contributed by atoms with Crippen molar-refractivity contribution in [1.29, 1.82) is 0 Å². The van der Waals surface area contributed by atoms with Gasteiger partial charge in [0.15, 0.2) is 10.8 Å². The number of aromatic nitrogens is 3. The number of halogens is 1. The van der Waals surface area contributed by atoms with Crippen molar-refractivity contribution in [1.82, 2.24) is 20.1 Å². The van der Waals surface area contributed by atoms with E-state index >= 15 is 0 Å². The lowest BCUT2D eigenvalue weighted by atomic mass is 10.0. The second kappa shape index (κ2) is 8.82. The lowest BCUT2D eigenvalue weighted by Crippen LogP contribution is -2.44. The molecule has 1 amide bonds. The van der Waals surface area contributed by atoms with Crippen LogP contribution in [-0.2, 0) is 0 Å². The van der Waals surface area contributed by atoms with Gasteiger partial charge in [-0.1, -0.05) is 11.3 Å². The van der Waals surface area contributed by atoms with E-state index in [1.807, 2.05) is 35.9 Å². The third kappa shape index (κ3) is 4.28. The van der Waals surface area contributed by atoms with E-state index in [0.717, 1.165) is 58.5 Å². The molecule has 0 aliphatic carbocycles. The number of methoxy groups -OCH3 is 1. The van der Waals surface area contributed by atoms with Crippen molar-refractivity contribution in [3.8, 4) is 11.4 Å². The summed E-state index contributed by atoms with van der Waals surface area (Å²) >= 11 is 1.65. The molecule has 0 saturated carbocycles. The van der Waals surface area contributed by atoms with Gasteiger partial charge in [-0.05, 0) is 68.3 Å². The number of nitrogens with zero attached hydrogens (tertiary/aromatic N) is 4. The van der Waals surface area contributed by atoms with Crippen molar-refractivity contribution in [3.63, 3.8) is 0 Å². The van der Waals surface area contributed by atoms with Gasteiger partial charge in [0.05, 0.1) is 23.2 Å². The zero-order valence-corrected chi connectivity index (χ0v) is 19.2. The summed E-state index contributed by atoms with van der Waals surface area (Å²) in [5.74, 6) is 0.289. The first-order valence-corrected chi connectivity index (χ1v) is 11.7. The molecule has 9 heteroatoms. The third-order valence-corrected chi connectivity index (χ3v) is 7.12. The quantitative estimate of drug-likeness (QED) is 0.475. The van der Waals surface area contributed by atoms with Crippen LogP contribution in [0.25, 0.3) is 16.0 Å². The van der Waals surface area contributed by atoms with Crippen LogP contribution in [0.2, 0.25) is 0 Å². The second-order valence-corrected chi connectivity index (χ2v) is 9.06. The Kier molecular flexibility index (Phi) is 5.72. The van der Waals surface area contributed by atoms with Crippen molar-refractivity contribution >= 4 is 32.7 Å². The summed E-state index contributed by atoms with van der Waals surface area (Å²) in [6.45, 7) is 3.61. The molecule has 7 nitrogen and oxygen atoms in total. The first kappa shape index (κ1) is 21.4. The van der Waals surface area contributed by atoms with E-state index in [4.69, 9.17) is 9.72 Å². The monoisotopic (exact) mass is 465 g/mol. The maximum Gasteiger partial charge on any atom is 0.251 e. The maximum atomic E-state index is 13.1. The standard InChI is InChI=1S/C24H24FN5O2S/c1-15-21-22(30(28-15)19-7-9-20(32-2)10-8-19)27-24(33-21)29-13-11-18(12-14-29)26-23(31)16-3-5-17(25)6-4-16/h3-10,18H,11-14H2,1-2H3,(H,26,31). The van der Waals surface area contributed by atoms with Crippen LogP contribution in [0.4, 0.5) is 9.52 Å². The molecular formula is C24H24FN5O2S. The summed E-state index contributed by atoms with van der Waals surface area (Å²) in [7, 11) is 1.65. The Hall–Kier alpha value is -3.46. The topological polar surface area (TPSA) is 72.3 Å². The second-order valence-electron chi connectivity index (χ2n) is 8.09. The highest BCUT2D eigenvalue weighted by Crippen LogP contribution is 2.34. The van der Waals surface area contributed by atoms with Gasteiger partial charge >= 0.3 is 0 Å². The summed E-state index contributed by atoms with van der Waals surface area (Å²) in [5, 5.41) is 8.71. The molecule has 2 aromatic heterocycles. The van der Waals surface area contributed by atoms with E-state index in [1.54, 1.807) is 18.4 Å². The number of piperidine rings is 1. The Morgan fingerprint density at radius 1 is 1.12 bits per heavy atom. The normalized spacial score (nSPS) is 14.6. The molecule has 0 atom stereocenters. The number of aryl methyl sites for hydroxylation is 1. The number of hydrogen-bond acceptors (Lipinski definition) is 6. The number of carbonyl (C=O) groups excluding carboxylic acids is 1. The van der Waals surface area contributed by atoms with Gasteiger partial charge in [-0.2, -0.15) is 10.1 Å². The molecule has 0 bridgehead atoms. The summed E-state index contributed by atoms with van der Waals surface area (Å²) < 4.78 is 21.3. The molecule has 2 aromatic carbocycles. The predicted octanol–water partition coefficient (Wildman–Crippen LogP) is 4.34. The summed E-state index contributed by atoms with van der Waals surface area (Å²) in [4.78, 5) is 19.6. The Labute approximate surface area is 194 Å². The first-order chi connectivity index (χ1) is 16.0. The number of carbonyl (C=O) groups is 1. The highest BCUT2D eigenvalue weighted by atomic mass is 32.1. The van der Waals surface area contributed by atoms with Crippen LogP contribution in [0.3, 0.4) is 0 Å². The number of nitrogens with one attached hydrogen (secondary N) is 1. The number of hydrogen-bond donors (Lipinski definition) is 1. The summed E-state index contributed by atoms with van der Waals surface area (Å²) in [6.07, 6.45) is 1.65. The number of amides is 1. The van der Waals surface area contributed by atoms with Gasteiger partial charge in [0.2, 0.25) is 0 Å². The van der Waals surface area contributed by atoms with Gasteiger partial charge < -0.3 is 15.0 Å². The fourth-order valence-corrected chi connectivity index (χ4v) is 5.09. The van der Waals surface area contributed by atoms with Gasteiger partial charge in [0.25, 0.3) is 5.91 Å². The number of ether oxygens (including phenoxy) is 1. The third-order valence-electron chi connectivity index (χ3n) is 5.90. The van der Waals surface area contributed by atoms with Crippen molar-refractivity contribution in [3.05, 3.63) is 65.6 Å². The molecule has 5 rings (SSSR count). The van der Waals surface area contributed by atoms with Crippen LogP contribution in [-0.4, -0.2) is 46.9 Å². The minimum atomic E-state index is -0.346. The van der Waals surface area contributed by atoms with E-state index in [1.165, 1.54) is 24.3 Å². The molecule has 1 aliphatic heterocycles. The van der Waals surface area contributed by atoms with Crippen LogP contribution in [0, 0.1) is 12.7 Å². The number of fused-ring (bicyclic) bond motifs is 1. The van der Waals surface area contributed by atoms with Crippen molar-refractivity contribution in [2.24, 2.45) is 0 Å². The zero-order chi connectivity index (χ0) is 22.9. The van der Waals surface area contributed by atoms with E-state index < -0.39 is 0 Å². The zero-order valence-electron chi connectivity index (χ0n) is 18.4. The van der Waals surface area contributed by atoms with Gasteiger partial charge in [0, 0.05) is 24.7 Å². The molecule has 1 fully saturated rings. The van der Waals surface area contributed by atoms with E-state index in [-0.39, 0.29) is 17.8 Å². The highest BCUT2D eigenvalue weighted by Gasteiger charge is 2.25. The fourth-order valence-electron chi connectivity index (χ4n) is 4.05. The molecule has 4 aromatic rings. The molecule has 0 radical (unpaired) electrons. The fraction of sp³-hybridized carbons (Fsp3) is 0.292. The highest BCUT2D eigenvalue weighted by molar-refractivity contribution is 7.22. The summed E-state index contributed by atoms with van der Waals surface area (Å²) in [6, 6.07) is 13.5. The molecular weight excluding hydrogens is 441 g/mol. The Morgan fingerprint density at radius 3 is 2.48 bits per heavy atom. The van der Waals surface area contributed by atoms with Crippen molar-refractivity contribution in [2.45, 2.75) is 25.8 Å². The maximum absolute atomic E-state index is 13.1. The van der Waals surface area contributed by atoms with Crippen molar-refractivity contribution < 1.29 is 13.9 Å². The minimum Gasteiger partial charge on any atom is -0.497 e. The lowest BCUT2D eigenvalue weighted by molar-refractivity contribution is 0.0931. The van der Waals surface area contributed by atoms with E-state index in [9.17, 15) is 9.18 Å². The van der Waals surface area contributed by atoms with Gasteiger partial charge in [-0.25, -0.2) is 9.07 Å². The molecule has 1 N–H and O–H groups in total. The van der Waals surface area contributed by atoms with Crippen LogP contribution < -0.4 is 15.0 Å². The molecule has 33 heavy (non-hydrogen) atoms. The lowest BCUT2D eigenvalue weighted by Gasteiger charge is -2.32. The number of anilines is 1. The molecule has 170 valence electrons. The SMILES string of the molecule is COc1ccc(-n2nc(C)c3sc(N4CCC(NC(=O)c5ccc(F)cc5)CC4)nc32)cc1. The largest absolute Gasteiger partial charge is 0.497 e.